The molecule has 0 saturated carbocycles. The van der Waals surface area contributed by atoms with E-state index < -0.39 is 17.7 Å². The van der Waals surface area contributed by atoms with Crippen LogP contribution in [0.3, 0.4) is 0 Å². The van der Waals surface area contributed by atoms with Gasteiger partial charge in [-0.05, 0) is 29.3 Å². The Morgan fingerprint density at radius 1 is 1.25 bits per heavy atom. The van der Waals surface area contributed by atoms with Gasteiger partial charge in [0.1, 0.15) is 5.82 Å². The van der Waals surface area contributed by atoms with E-state index in [-0.39, 0.29) is 17.2 Å². The molecule has 0 aliphatic rings. The number of benzene rings is 2. The van der Waals surface area contributed by atoms with Crippen LogP contribution in [-0.2, 0) is 6.42 Å². The van der Waals surface area contributed by atoms with E-state index in [0.717, 1.165) is 6.07 Å². The zero-order chi connectivity index (χ0) is 14.7. The summed E-state index contributed by atoms with van der Waals surface area (Å²) in [4.78, 5) is 0. The number of hydrogen-bond donors (Lipinski definition) is 1. The molecule has 2 aromatic carbocycles. The minimum atomic E-state index is -1.02. The van der Waals surface area contributed by atoms with Crippen LogP contribution < -0.4 is 4.74 Å². The molecule has 0 fully saturated rings. The number of aliphatic hydroxyl groups excluding tert-OH is 1. The van der Waals surface area contributed by atoms with Crippen LogP contribution in [-0.4, -0.2) is 12.2 Å². The van der Waals surface area contributed by atoms with Crippen molar-refractivity contribution in [3.8, 4) is 5.75 Å². The fraction of sp³-hybridized carbons (Fsp3) is 0.200. The molecular weight excluding hydrogens is 286 g/mol. The molecule has 0 aliphatic heterocycles. The summed E-state index contributed by atoms with van der Waals surface area (Å²) in [7, 11) is 1.37. The molecule has 2 rings (SSSR count). The molecule has 0 heterocycles. The molecule has 0 radical (unpaired) electrons. The summed E-state index contributed by atoms with van der Waals surface area (Å²) in [6.07, 6.45) is -1.00. The van der Waals surface area contributed by atoms with Gasteiger partial charge < -0.3 is 9.84 Å². The van der Waals surface area contributed by atoms with Crippen molar-refractivity contribution in [2.75, 3.05) is 7.11 Å². The van der Waals surface area contributed by atoms with Crippen molar-refractivity contribution < 1.29 is 18.6 Å². The van der Waals surface area contributed by atoms with E-state index >= 15 is 0 Å². The molecule has 2 nitrogen and oxygen atoms in total. The standard InChI is InChI=1S/C15H13ClF2O2/c1-20-14-4-2-3-9(15(14)18)7-13(19)11-6-5-10(17)8-12(11)16/h2-6,8,13,19H,7H2,1H3. The Kier molecular flexibility index (Phi) is 4.57. The topological polar surface area (TPSA) is 29.5 Å². The summed E-state index contributed by atoms with van der Waals surface area (Å²) in [6, 6.07) is 8.39. The molecule has 1 atom stereocenters. The summed E-state index contributed by atoms with van der Waals surface area (Å²) in [5.41, 5.74) is 0.660. The fourth-order valence-electron chi connectivity index (χ4n) is 1.96. The monoisotopic (exact) mass is 298 g/mol. The van der Waals surface area contributed by atoms with Gasteiger partial charge in [-0.1, -0.05) is 29.8 Å². The Labute approximate surface area is 120 Å². The lowest BCUT2D eigenvalue weighted by atomic mass is 10.0. The van der Waals surface area contributed by atoms with Gasteiger partial charge in [-0.15, -0.1) is 0 Å². The van der Waals surface area contributed by atoms with Crippen LogP contribution in [0.5, 0.6) is 5.75 Å². The fourth-order valence-corrected chi connectivity index (χ4v) is 2.25. The lowest BCUT2D eigenvalue weighted by Gasteiger charge is -2.14. The van der Waals surface area contributed by atoms with Crippen molar-refractivity contribution >= 4 is 11.6 Å². The van der Waals surface area contributed by atoms with Crippen LogP contribution in [0, 0.1) is 11.6 Å². The first kappa shape index (κ1) is 14.8. The number of halogens is 3. The molecule has 0 saturated heterocycles. The first-order valence-electron chi connectivity index (χ1n) is 5.97. The highest BCUT2D eigenvalue weighted by Crippen LogP contribution is 2.29. The van der Waals surface area contributed by atoms with Gasteiger partial charge in [0, 0.05) is 11.4 Å². The Hall–Kier alpha value is -1.65. The third kappa shape index (κ3) is 3.08. The van der Waals surface area contributed by atoms with E-state index in [4.69, 9.17) is 16.3 Å². The van der Waals surface area contributed by atoms with E-state index in [1.807, 2.05) is 0 Å². The van der Waals surface area contributed by atoms with Gasteiger partial charge in [0.25, 0.3) is 0 Å². The molecule has 0 bridgehead atoms. The number of methoxy groups -OCH3 is 1. The summed E-state index contributed by atoms with van der Waals surface area (Å²) in [5.74, 6) is -0.898. The molecule has 0 amide bonds. The maximum absolute atomic E-state index is 14.0. The Morgan fingerprint density at radius 3 is 2.65 bits per heavy atom. The lowest BCUT2D eigenvalue weighted by Crippen LogP contribution is -2.05. The van der Waals surface area contributed by atoms with Gasteiger partial charge in [-0.25, -0.2) is 8.78 Å². The molecule has 20 heavy (non-hydrogen) atoms. The van der Waals surface area contributed by atoms with E-state index in [0.29, 0.717) is 11.1 Å². The molecule has 0 spiro atoms. The van der Waals surface area contributed by atoms with Crippen molar-refractivity contribution in [1.29, 1.82) is 0 Å². The SMILES string of the molecule is COc1cccc(CC(O)c2ccc(F)cc2Cl)c1F. The highest BCUT2D eigenvalue weighted by Gasteiger charge is 2.16. The maximum Gasteiger partial charge on any atom is 0.168 e. The van der Waals surface area contributed by atoms with E-state index in [1.54, 1.807) is 12.1 Å². The second-order valence-electron chi connectivity index (χ2n) is 4.32. The minimum Gasteiger partial charge on any atom is -0.494 e. The summed E-state index contributed by atoms with van der Waals surface area (Å²) in [5, 5.41) is 10.2. The Balaban J connectivity index is 2.25. The molecule has 0 aliphatic carbocycles. The van der Waals surface area contributed by atoms with Crippen molar-refractivity contribution in [2.24, 2.45) is 0 Å². The van der Waals surface area contributed by atoms with Crippen molar-refractivity contribution in [3.05, 3.63) is 64.2 Å². The first-order valence-corrected chi connectivity index (χ1v) is 6.35. The first-order chi connectivity index (χ1) is 9.52. The van der Waals surface area contributed by atoms with Crippen LogP contribution >= 0.6 is 11.6 Å². The van der Waals surface area contributed by atoms with Crippen LogP contribution in [0.4, 0.5) is 8.78 Å². The van der Waals surface area contributed by atoms with Crippen LogP contribution in [0.2, 0.25) is 5.02 Å². The summed E-state index contributed by atoms with van der Waals surface area (Å²) in [6.45, 7) is 0. The van der Waals surface area contributed by atoms with E-state index in [9.17, 15) is 13.9 Å². The average molecular weight is 299 g/mol. The average Bonchev–Trinajstić information content (AvgIpc) is 2.41. The lowest BCUT2D eigenvalue weighted by molar-refractivity contribution is 0.177. The molecule has 0 aromatic heterocycles. The van der Waals surface area contributed by atoms with E-state index in [1.165, 1.54) is 25.3 Å². The predicted octanol–water partition coefficient (Wildman–Crippen LogP) is 3.90. The number of ether oxygens (including phenoxy) is 1. The second-order valence-corrected chi connectivity index (χ2v) is 4.73. The normalized spacial score (nSPS) is 12.2. The molecule has 1 unspecified atom stereocenters. The zero-order valence-electron chi connectivity index (χ0n) is 10.7. The van der Waals surface area contributed by atoms with Gasteiger partial charge >= 0.3 is 0 Å². The molecule has 1 N–H and O–H groups in total. The number of rotatable bonds is 4. The Bertz CT molecular complexity index is 617. The Morgan fingerprint density at radius 2 is 2.00 bits per heavy atom. The number of hydrogen-bond acceptors (Lipinski definition) is 2. The maximum atomic E-state index is 14.0. The van der Waals surface area contributed by atoms with Gasteiger partial charge in [-0.2, -0.15) is 0 Å². The summed E-state index contributed by atoms with van der Waals surface area (Å²) >= 11 is 5.87. The van der Waals surface area contributed by atoms with E-state index in [2.05, 4.69) is 0 Å². The molecule has 5 heteroatoms. The number of aliphatic hydroxyl groups is 1. The van der Waals surface area contributed by atoms with Gasteiger partial charge in [0.05, 0.1) is 13.2 Å². The van der Waals surface area contributed by atoms with Crippen LogP contribution in [0.15, 0.2) is 36.4 Å². The molecule has 106 valence electrons. The van der Waals surface area contributed by atoms with Crippen molar-refractivity contribution in [1.82, 2.24) is 0 Å². The zero-order valence-corrected chi connectivity index (χ0v) is 11.5. The third-order valence-electron chi connectivity index (χ3n) is 3.00. The van der Waals surface area contributed by atoms with Crippen molar-refractivity contribution in [3.63, 3.8) is 0 Å². The van der Waals surface area contributed by atoms with Crippen molar-refractivity contribution in [2.45, 2.75) is 12.5 Å². The quantitative estimate of drug-likeness (QED) is 0.927. The third-order valence-corrected chi connectivity index (χ3v) is 3.33. The predicted molar refractivity (Wildman–Crippen MR) is 73.0 cm³/mol. The molecular formula is C15H13ClF2O2. The van der Waals surface area contributed by atoms with Gasteiger partial charge in [0.2, 0.25) is 0 Å². The highest BCUT2D eigenvalue weighted by atomic mass is 35.5. The van der Waals surface area contributed by atoms with Crippen LogP contribution in [0.1, 0.15) is 17.2 Å². The van der Waals surface area contributed by atoms with Gasteiger partial charge in [0.15, 0.2) is 11.6 Å². The summed E-state index contributed by atoms with van der Waals surface area (Å²) < 4.78 is 31.8. The highest BCUT2D eigenvalue weighted by molar-refractivity contribution is 6.31. The van der Waals surface area contributed by atoms with Crippen LogP contribution in [0.25, 0.3) is 0 Å². The van der Waals surface area contributed by atoms with Gasteiger partial charge in [-0.3, -0.25) is 0 Å². The largest absolute Gasteiger partial charge is 0.494 e. The second kappa shape index (κ2) is 6.20. The molecule has 2 aromatic rings. The minimum absolute atomic E-state index is 0.0222. The smallest absolute Gasteiger partial charge is 0.168 e.